The maximum Gasteiger partial charge on any atom is 0.0551 e. The molecule has 0 saturated heterocycles. The second kappa shape index (κ2) is 4.02. The van der Waals surface area contributed by atoms with E-state index in [2.05, 4.69) is 42.3 Å². The van der Waals surface area contributed by atoms with Gasteiger partial charge in [-0.15, -0.1) is 0 Å². The number of hydrogen-bond acceptors (Lipinski definition) is 2. The molecule has 2 fully saturated rings. The summed E-state index contributed by atoms with van der Waals surface area (Å²) >= 11 is 0. The van der Waals surface area contributed by atoms with Gasteiger partial charge in [-0.05, 0) is 49.7 Å². The van der Waals surface area contributed by atoms with Gasteiger partial charge in [0, 0.05) is 19.3 Å². The van der Waals surface area contributed by atoms with Crippen LogP contribution in [0.25, 0.3) is 0 Å². The first-order chi connectivity index (χ1) is 8.26. The second-order valence-electron chi connectivity index (χ2n) is 5.78. The lowest BCUT2D eigenvalue weighted by Crippen LogP contribution is -2.56. The van der Waals surface area contributed by atoms with Crippen LogP contribution in [0.3, 0.4) is 0 Å². The SMILES string of the molecule is CN(c1ccccc1)C1(CN)CC2CCC1C2. The highest BCUT2D eigenvalue weighted by atomic mass is 15.2. The Hall–Kier alpha value is -1.02. The van der Waals surface area contributed by atoms with E-state index in [1.165, 1.54) is 31.4 Å². The van der Waals surface area contributed by atoms with Gasteiger partial charge in [0.2, 0.25) is 0 Å². The van der Waals surface area contributed by atoms with E-state index in [4.69, 9.17) is 5.73 Å². The fourth-order valence-electron chi connectivity index (χ4n) is 4.12. The van der Waals surface area contributed by atoms with Gasteiger partial charge >= 0.3 is 0 Å². The largest absolute Gasteiger partial charge is 0.367 e. The summed E-state index contributed by atoms with van der Waals surface area (Å²) in [4.78, 5) is 2.46. The summed E-state index contributed by atoms with van der Waals surface area (Å²) in [6.45, 7) is 0.791. The molecule has 0 aliphatic heterocycles. The number of likely N-dealkylation sites (N-methyl/N-ethyl adjacent to an activating group) is 1. The second-order valence-corrected chi connectivity index (χ2v) is 5.78. The molecular weight excluding hydrogens is 208 g/mol. The van der Waals surface area contributed by atoms with Crippen molar-refractivity contribution >= 4 is 5.69 Å². The molecule has 3 unspecified atom stereocenters. The molecule has 0 aromatic heterocycles. The van der Waals surface area contributed by atoms with E-state index >= 15 is 0 Å². The van der Waals surface area contributed by atoms with E-state index in [9.17, 15) is 0 Å². The molecule has 1 aromatic carbocycles. The number of rotatable bonds is 3. The molecule has 92 valence electrons. The highest BCUT2D eigenvalue weighted by Crippen LogP contribution is 2.53. The topological polar surface area (TPSA) is 29.3 Å². The molecule has 0 spiro atoms. The van der Waals surface area contributed by atoms with Crippen LogP contribution in [0, 0.1) is 11.8 Å². The Bertz CT molecular complexity index is 389. The van der Waals surface area contributed by atoms with E-state index < -0.39 is 0 Å². The number of benzene rings is 1. The van der Waals surface area contributed by atoms with Crippen molar-refractivity contribution < 1.29 is 0 Å². The predicted octanol–water partition coefficient (Wildman–Crippen LogP) is 2.64. The van der Waals surface area contributed by atoms with Gasteiger partial charge in [0.25, 0.3) is 0 Å². The summed E-state index contributed by atoms with van der Waals surface area (Å²) in [5, 5.41) is 0. The first-order valence-electron chi connectivity index (χ1n) is 6.75. The molecule has 3 rings (SSSR count). The molecule has 0 amide bonds. The number of para-hydroxylation sites is 1. The van der Waals surface area contributed by atoms with Gasteiger partial charge in [0.15, 0.2) is 0 Å². The lowest BCUT2D eigenvalue weighted by Gasteiger charge is -2.46. The Morgan fingerprint density at radius 3 is 2.59 bits per heavy atom. The van der Waals surface area contributed by atoms with Crippen LogP contribution < -0.4 is 10.6 Å². The zero-order chi connectivity index (χ0) is 11.9. The molecule has 1 aromatic rings. The first kappa shape index (κ1) is 11.1. The number of fused-ring (bicyclic) bond motifs is 2. The van der Waals surface area contributed by atoms with Crippen LogP contribution in [0.2, 0.25) is 0 Å². The van der Waals surface area contributed by atoms with Crippen molar-refractivity contribution in [1.29, 1.82) is 0 Å². The highest BCUT2D eigenvalue weighted by Gasteiger charge is 2.52. The Balaban J connectivity index is 1.91. The molecule has 0 heterocycles. The van der Waals surface area contributed by atoms with Gasteiger partial charge in [-0.2, -0.15) is 0 Å². The molecule has 17 heavy (non-hydrogen) atoms. The Labute approximate surface area is 104 Å². The number of nitrogens with two attached hydrogens (primary N) is 1. The zero-order valence-electron chi connectivity index (χ0n) is 10.6. The van der Waals surface area contributed by atoms with Gasteiger partial charge < -0.3 is 10.6 Å². The van der Waals surface area contributed by atoms with E-state index in [0.29, 0.717) is 0 Å². The van der Waals surface area contributed by atoms with E-state index in [0.717, 1.165) is 18.4 Å². The van der Waals surface area contributed by atoms with Crippen molar-refractivity contribution in [3.05, 3.63) is 30.3 Å². The number of anilines is 1. The Morgan fingerprint density at radius 2 is 2.06 bits per heavy atom. The molecule has 2 aliphatic carbocycles. The lowest BCUT2D eigenvalue weighted by molar-refractivity contribution is 0.267. The summed E-state index contributed by atoms with van der Waals surface area (Å²) < 4.78 is 0. The van der Waals surface area contributed by atoms with Crippen molar-refractivity contribution in [2.45, 2.75) is 31.2 Å². The molecule has 2 nitrogen and oxygen atoms in total. The van der Waals surface area contributed by atoms with Gasteiger partial charge in [0.1, 0.15) is 0 Å². The molecule has 2 aliphatic rings. The van der Waals surface area contributed by atoms with Crippen LogP contribution in [0.1, 0.15) is 25.7 Å². The fourth-order valence-corrected chi connectivity index (χ4v) is 4.12. The summed E-state index contributed by atoms with van der Waals surface area (Å²) in [7, 11) is 2.23. The van der Waals surface area contributed by atoms with Crippen LogP contribution >= 0.6 is 0 Å². The van der Waals surface area contributed by atoms with Crippen LogP contribution in [0.5, 0.6) is 0 Å². The third-order valence-corrected chi connectivity index (χ3v) is 5.11. The standard InChI is InChI=1S/C15H22N2/c1-17(14-5-3-2-4-6-14)15(11-16)10-12-7-8-13(15)9-12/h2-6,12-13H,7-11,16H2,1H3. The minimum atomic E-state index is 0.226. The van der Waals surface area contributed by atoms with E-state index in [1.54, 1.807) is 0 Å². The van der Waals surface area contributed by atoms with Crippen LogP contribution in [-0.4, -0.2) is 19.1 Å². The van der Waals surface area contributed by atoms with E-state index in [-0.39, 0.29) is 5.54 Å². The third-order valence-electron chi connectivity index (χ3n) is 5.11. The lowest BCUT2D eigenvalue weighted by atomic mass is 9.79. The summed E-state index contributed by atoms with van der Waals surface area (Å²) in [6.07, 6.45) is 5.49. The van der Waals surface area contributed by atoms with Crippen molar-refractivity contribution in [2.24, 2.45) is 17.6 Å². The van der Waals surface area contributed by atoms with Crippen LogP contribution in [-0.2, 0) is 0 Å². The molecule has 2 bridgehead atoms. The first-order valence-corrected chi connectivity index (χ1v) is 6.75. The minimum Gasteiger partial charge on any atom is -0.367 e. The molecule has 2 heteroatoms. The number of hydrogen-bond donors (Lipinski definition) is 1. The summed E-state index contributed by atoms with van der Waals surface area (Å²) in [6, 6.07) is 10.7. The molecular formula is C15H22N2. The van der Waals surface area contributed by atoms with Gasteiger partial charge in [0.05, 0.1) is 5.54 Å². The fraction of sp³-hybridized carbons (Fsp3) is 0.600. The molecule has 2 saturated carbocycles. The van der Waals surface area contributed by atoms with Gasteiger partial charge in [-0.3, -0.25) is 0 Å². The molecule has 2 N–H and O–H groups in total. The quantitative estimate of drug-likeness (QED) is 0.865. The van der Waals surface area contributed by atoms with E-state index in [1.807, 2.05) is 0 Å². The highest BCUT2D eigenvalue weighted by molar-refractivity contribution is 5.49. The Morgan fingerprint density at radius 1 is 1.29 bits per heavy atom. The van der Waals surface area contributed by atoms with Crippen molar-refractivity contribution in [1.82, 2.24) is 0 Å². The molecule has 0 radical (unpaired) electrons. The summed E-state index contributed by atoms with van der Waals surface area (Å²) in [5.41, 5.74) is 7.69. The maximum atomic E-state index is 6.15. The monoisotopic (exact) mass is 230 g/mol. The smallest absolute Gasteiger partial charge is 0.0551 e. The zero-order valence-corrected chi connectivity index (χ0v) is 10.6. The minimum absolute atomic E-state index is 0.226. The maximum absolute atomic E-state index is 6.15. The van der Waals surface area contributed by atoms with Gasteiger partial charge in [-0.25, -0.2) is 0 Å². The molecule has 3 atom stereocenters. The Kier molecular flexibility index (Phi) is 2.62. The summed E-state index contributed by atoms with van der Waals surface area (Å²) in [5.74, 6) is 1.73. The normalized spacial score (nSPS) is 35.2. The van der Waals surface area contributed by atoms with Crippen LogP contribution in [0.15, 0.2) is 30.3 Å². The van der Waals surface area contributed by atoms with Crippen molar-refractivity contribution in [3.8, 4) is 0 Å². The van der Waals surface area contributed by atoms with Crippen molar-refractivity contribution in [2.75, 3.05) is 18.5 Å². The van der Waals surface area contributed by atoms with Crippen molar-refractivity contribution in [3.63, 3.8) is 0 Å². The average Bonchev–Trinajstić information content (AvgIpc) is 2.99. The average molecular weight is 230 g/mol. The number of nitrogens with zero attached hydrogens (tertiary/aromatic N) is 1. The third kappa shape index (κ3) is 1.58. The predicted molar refractivity (Wildman–Crippen MR) is 72.1 cm³/mol. The van der Waals surface area contributed by atoms with Gasteiger partial charge in [-0.1, -0.05) is 18.2 Å². The van der Waals surface area contributed by atoms with Crippen LogP contribution in [0.4, 0.5) is 5.69 Å².